The van der Waals surface area contributed by atoms with E-state index in [1.807, 2.05) is 6.07 Å². The van der Waals surface area contributed by atoms with E-state index in [2.05, 4.69) is 23.9 Å². The Morgan fingerprint density at radius 2 is 2.38 bits per heavy atom. The van der Waals surface area contributed by atoms with Crippen LogP contribution in [-0.2, 0) is 6.42 Å². The fourth-order valence-corrected chi connectivity index (χ4v) is 2.58. The van der Waals surface area contributed by atoms with Crippen LogP contribution in [0.1, 0.15) is 38.9 Å². The van der Waals surface area contributed by atoms with Gasteiger partial charge in [0.2, 0.25) is 0 Å². The fourth-order valence-electron chi connectivity index (χ4n) is 2.58. The molecule has 0 aliphatic carbocycles. The van der Waals surface area contributed by atoms with Crippen LogP contribution in [0, 0.1) is 0 Å². The Morgan fingerprint density at radius 1 is 1.56 bits per heavy atom. The smallest absolute Gasteiger partial charge is 0.167 e. The Labute approximate surface area is 96.8 Å². The first-order chi connectivity index (χ1) is 7.66. The van der Waals surface area contributed by atoms with Crippen molar-refractivity contribution in [3.05, 3.63) is 11.8 Å². The molecular formula is C12H21N3O. The summed E-state index contributed by atoms with van der Waals surface area (Å²) in [7, 11) is 0. The molecule has 0 saturated carbocycles. The molecule has 4 heteroatoms. The van der Waals surface area contributed by atoms with E-state index in [9.17, 15) is 0 Å². The summed E-state index contributed by atoms with van der Waals surface area (Å²) in [5, 5.41) is 3.74. The molecule has 2 N–H and O–H groups in total. The van der Waals surface area contributed by atoms with Gasteiger partial charge in [0.1, 0.15) is 5.76 Å². The number of likely N-dealkylation sites (tertiary alicyclic amines) is 1. The zero-order chi connectivity index (χ0) is 11.5. The zero-order valence-electron chi connectivity index (χ0n) is 10.1. The van der Waals surface area contributed by atoms with E-state index in [0.29, 0.717) is 17.9 Å². The van der Waals surface area contributed by atoms with Crippen LogP contribution in [0.5, 0.6) is 0 Å². The Bertz CT molecular complexity index is 335. The quantitative estimate of drug-likeness (QED) is 0.852. The summed E-state index contributed by atoms with van der Waals surface area (Å²) in [6.07, 6.45) is 4.81. The van der Waals surface area contributed by atoms with Crippen molar-refractivity contribution in [3.8, 4) is 0 Å². The van der Waals surface area contributed by atoms with Crippen LogP contribution < -0.4 is 5.73 Å². The molecule has 0 radical (unpaired) electrons. The number of nitrogens with two attached hydrogens (primary N) is 1. The third-order valence-electron chi connectivity index (χ3n) is 3.35. The molecule has 16 heavy (non-hydrogen) atoms. The number of hydrogen-bond donors (Lipinski definition) is 1. The molecule has 0 amide bonds. The third-order valence-corrected chi connectivity index (χ3v) is 3.35. The number of hydrogen-bond acceptors (Lipinski definition) is 4. The Morgan fingerprint density at radius 3 is 3.00 bits per heavy atom. The highest BCUT2D eigenvalue weighted by atomic mass is 16.5. The molecule has 1 aromatic heterocycles. The van der Waals surface area contributed by atoms with E-state index in [-0.39, 0.29) is 0 Å². The standard InChI is InChI=1S/C12H21N3O/c1-9(2)15-6-4-3-5-10(15)7-11-8-12(13)14-16-11/h8-10H,3-7H2,1-2H3,(H2,13,14). The molecule has 1 atom stereocenters. The zero-order valence-corrected chi connectivity index (χ0v) is 10.1. The highest BCUT2D eigenvalue weighted by Gasteiger charge is 2.25. The normalized spacial score (nSPS) is 22.8. The topological polar surface area (TPSA) is 55.3 Å². The molecule has 1 aliphatic heterocycles. The second-order valence-corrected chi connectivity index (χ2v) is 4.90. The average Bonchev–Trinajstić information content (AvgIpc) is 2.64. The van der Waals surface area contributed by atoms with E-state index in [4.69, 9.17) is 10.3 Å². The van der Waals surface area contributed by atoms with Crippen molar-refractivity contribution < 1.29 is 4.52 Å². The minimum atomic E-state index is 0.488. The summed E-state index contributed by atoms with van der Waals surface area (Å²) in [5.41, 5.74) is 5.56. The molecule has 90 valence electrons. The lowest BCUT2D eigenvalue weighted by Gasteiger charge is -2.38. The van der Waals surface area contributed by atoms with Crippen molar-refractivity contribution in [2.75, 3.05) is 12.3 Å². The van der Waals surface area contributed by atoms with Crippen LogP contribution in [0.3, 0.4) is 0 Å². The summed E-state index contributed by atoms with van der Waals surface area (Å²) in [5.74, 6) is 1.40. The van der Waals surface area contributed by atoms with Gasteiger partial charge in [-0.1, -0.05) is 11.6 Å². The molecule has 2 rings (SSSR count). The van der Waals surface area contributed by atoms with E-state index in [0.717, 1.165) is 12.2 Å². The van der Waals surface area contributed by atoms with Crippen molar-refractivity contribution in [1.82, 2.24) is 10.1 Å². The maximum atomic E-state index is 5.56. The minimum Gasteiger partial charge on any atom is -0.381 e. The number of piperidine rings is 1. The molecule has 1 fully saturated rings. The Balaban J connectivity index is 2.01. The van der Waals surface area contributed by atoms with Crippen LogP contribution in [0.4, 0.5) is 5.82 Å². The predicted octanol–water partition coefficient (Wildman–Crippen LogP) is 2.06. The fraction of sp³-hybridized carbons (Fsp3) is 0.750. The summed E-state index contributed by atoms with van der Waals surface area (Å²) in [6, 6.07) is 3.03. The number of rotatable bonds is 3. The van der Waals surface area contributed by atoms with Gasteiger partial charge in [0.15, 0.2) is 5.82 Å². The first-order valence-corrected chi connectivity index (χ1v) is 6.13. The molecule has 2 heterocycles. The maximum absolute atomic E-state index is 5.56. The van der Waals surface area contributed by atoms with Crippen LogP contribution >= 0.6 is 0 Å². The number of nitrogen functional groups attached to an aromatic ring is 1. The Hall–Kier alpha value is -1.03. The van der Waals surface area contributed by atoms with Crippen LogP contribution in [0.15, 0.2) is 10.6 Å². The number of aromatic nitrogens is 1. The SMILES string of the molecule is CC(C)N1CCCCC1Cc1cc(N)no1. The summed E-state index contributed by atoms with van der Waals surface area (Å²) < 4.78 is 5.19. The molecule has 1 unspecified atom stereocenters. The van der Waals surface area contributed by atoms with E-state index < -0.39 is 0 Å². The summed E-state index contributed by atoms with van der Waals surface area (Å²) in [4.78, 5) is 2.56. The van der Waals surface area contributed by atoms with E-state index in [1.54, 1.807) is 0 Å². The summed E-state index contributed by atoms with van der Waals surface area (Å²) >= 11 is 0. The molecule has 0 spiro atoms. The van der Waals surface area contributed by atoms with Crippen LogP contribution in [0.2, 0.25) is 0 Å². The van der Waals surface area contributed by atoms with Gasteiger partial charge < -0.3 is 10.3 Å². The highest BCUT2D eigenvalue weighted by Crippen LogP contribution is 2.23. The molecule has 1 aliphatic rings. The van der Waals surface area contributed by atoms with Gasteiger partial charge in [-0.25, -0.2) is 0 Å². The maximum Gasteiger partial charge on any atom is 0.167 e. The largest absolute Gasteiger partial charge is 0.381 e. The van der Waals surface area contributed by atoms with Gasteiger partial charge in [0.25, 0.3) is 0 Å². The van der Waals surface area contributed by atoms with E-state index >= 15 is 0 Å². The second kappa shape index (κ2) is 4.87. The average molecular weight is 223 g/mol. The second-order valence-electron chi connectivity index (χ2n) is 4.90. The van der Waals surface area contributed by atoms with Crippen molar-refractivity contribution in [2.45, 2.75) is 51.6 Å². The van der Waals surface area contributed by atoms with Gasteiger partial charge in [-0.05, 0) is 33.2 Å². The van der Waals surface area contributed by atoms with Gasteiger partial charge in [-0.2, -0.15) is 0 Å². The molecular weight excluding hydrogens is 202 g/mol. The monoisotopic (exact) mass is 223 g/mol. The molecule has 4 nitrogen and oxygen atoms in total. The molecule has 0 aromatic carbocycles. The van der Waals surface area contributed by atoms with Gasteiger partial charge >= 0.3 is 0 Å². The van der Waals surface area contributed by atoms with Crippen molar-refractivity contribution in [1.29, 1.82) is 0 Å². The van der Waals surface area contributed by atoms with Gasteiger partial charge in [-0.3, -0.25) is 4.90 Å². The van der Waals surface area contributed by atoms with Gasteiger partial charge in [0.05, 0.1) is 0 Å². The number of nitrogens with zero attached hydrogens (tertiary/aromatic N) is 2. The predicted molar refractivity (Wildman–Crippen MR) is 64.1 cm³/mol. The van der Waals surface area contributed by atoms with Gasteiger partial charge in [0, 0.05) is 24.6 Å². The number of anilines is 1. The lowest BCUT2D eigenvalue weighted by Crippen LogP contribution is -2.44. The minimum absolute atomic E-state index is 0.488. The van der Waals surface area contributed by atoms with Crippen molar-refractivity contribution in [3.63, 3.8) is 0 Å². The van der Waals surface area contributed by atoms with Crippen LogP contribution in [0.25, 0.3) is 0 Å². The molecule has 1 saturated heterocycles. The molecule has 0 bridgehead atoms. The summed E-state index contributed by atoms with van der Waals surface area (Å²) in [6.45, 7) is 5.71. The highest BCUT2D eigenvalue weighted by molar-refractivity contribution is 5.26. The van der Waals surface area contributed by atoms with Crippen molar-refractivity contribution >= 4 is 5.82 Å². The van der Waals surface area contributed by atoms with E-state index in [1.165, 1.54) is 25.8 Å². The van der Waals surface area contributed by atoms with Gasteiger partial charge in [-0.15, -0.1) is 0 Å². The first kappa shape index (κ1) is 11.5. The molecule has 1 aromatic rings. The lowest BCUT2D eigenvalue weighted by atomic mass is 9.97. The van der Waals surface area contributed by atoms with Crippen molar-refractivity contribution in [2.24, 2.45) is 0 Å². The first-order valence-electron chi connectivity index (χ1n) is 6.13. The lowest BCUT2D eigenvalue weighted by molar-refractivity contribution is 0.106. The van der Waals surface area contributed by atoms with Crippen LogP contribution in [-0.4, -0.2) is 28.7 Å². The third kappa shape index (κ3) is 2.55. The Kier molecular flexibility index (Phi) is 3.49.